The lowest BCUT2D eigenvalue weighted by Crippen LogP contribution is -2.41. The number of nitrogens with zero attached hydrogens (tertiary/aromatic N) is 2. The van der Waals surface area contributed by atoms with Crippen LogP contribution >= 0.6 is 35.1 Å². The molecule has 0 aromatic carbocycles. The van der Waals surface area contributed by atoms with E-state index in [1.807, 2.05) is 12.5 Å². The Bertz CT molecular complexity index is 462. The van der Waals surface area contributed by atoms with E-state index >= 15 is 0 Å². The van der Waals surface area contributed by atoms with E-state index in [0.29, 0.717) is 10.6 Å². The second kappa shape index (κ2) is 6.62. The molecule has 1 N–H and O–H groups in total. The van der Waals surface area contributed by atoms with Crippen molar-refractivity contribution in [2.24, 2.45) is 0 Å². The van der Waals surface area contributed by atoms with E-state index in [-0.39, 0.29) is 11.9 Å². The molecule has 0 aliphatic carbocycles. The van der Waals surface area contributed by atoms with Gasteiger partial charge < -0.3 is 4.90 Å². The van der Waals surface area contributed by atoms with E-state index in [4.69, 9.17) is 0 Å². The SMILES string of the molecule is CSc1nsc(SC)c1C(=O)NC(=O)N1CCCC1. The summed E-state index contributed by atoms with van der Waals surface area (Å²) in [7, 11) is 0. The summed E-state index contributed by atoms with van der Waals surface area (Å²) in [5.41, 5.74) is 0.526. The third-order valence-electron chi connectivity index (χ3n) is 2.85. The lowest BCUT2D eigenvalue weighted by molar-refractivity contribution is 0.0949. The second-order valence-corrected chi connectivity index (χ2v) is 6.66. The molecular formula is C11H15N3O2S3. The number of imide groups is 1. The van der Waals surface area contributed by atoms with Gasteiger partial charge in [0, 0.05) is 13.1 Å². The van der Waals surface area contributed by atoms with Crippen LogP contribution in [-0.2, 0) is 0 Å². The summed E-state index contributed by atoms with van der Waals surface area (Å²) in [6, 6.07) is -0.298. The maximum Gasteiger partial charge on any atom is 0.324 e. The predicted octanol–water partition coefficient (Wildman–Crippen LogP) is 2.53. The van der Waals surface area contributed by atoms with Gasteiger partial charge in [0.05, 0.1) is 9.77 Å². The molecule has 1 saturated heterocycles. The van der Waals surface area contributed by atoms with Crippen LogP contribution in [-0.4, -0.2) is 46.8 Å². The lowest BCUT2D eigenvalue weighted by atomic mass is 10.3. The van der Waals surface area contributed by atoms with Crippen molar-refractivity contribution in [2.75, 3.05) is 25.6 Å². The molecule has 2 rings (SSSR count). The number of carbonyl (C=O) groups is 2. The Balaban J connectivity index is 2.10. The fourth-order valence-electron chi connectivity index (χ4n) is 1.89. The summed E-state index contributed by atoms with van der Waals surface area (Å²) in [6.45, 7) is 1.46. The molecule has 0 unspecified atom stereocenters. The highest BCUT2D eigenvalue weighted by atomic mass is 32.2. The van der Waals surface area contributed by atoms with Gasteiger partial charge in [0.2, 0.25) is 0 Å². The van der Waals surface area contributed by atoms with Crippen LogP contribution in [0.3, 0.4) is 0 Å². The molecule has 2 heterocycles. The number of thioether (sulfide) groups is 2. The van der Waals surface area contributed by atoms with Crippen molar-refractivity contribution in [1.29, 1.82) is 0 Å². The average molecular weight is 317 g/mol. The lowest BCUT2D eigenvalue weighted by Gasteiger charge is -2.15. The molecule has 1 aromatic rings. The molecule has 0 bridgehead atoms. The Morgan fingerprint density at radius 3 is 2.53 bits per heavy atom. The first-order valence-corrected chi connectivity index (χ1v) is 9.07. The number of hydrogen-bond donors (Lipinski definition) is 1. The number of rotatable bonds is 3. The van der Waals surface area contributed by atoms with Crippen LogP contribution in [0.25, 0.3) is 0 Å². The van der Waals surface area contributed by atoms with Crippen LogP contribution in [0, 0.1) is 0 Å². The van der Waals surface area contributed by atoms with Crippen LogP contribution in [0.4, 0.5) is 4.79 Å². The van der Waals surface area contributed by atoms with Crippen LogP contribution in [0.5, 0.6) is 0 Å². The molecular weight excluding hydrogens is 302 g/mol. The summed E-state index contributed by atoms with van der Waals surface area (Å²) in [4.78, 5) is 25.8. The number of nitrogens with one attached hydrogen (secondary N) is 1. The fourth-order valence-corrected chi connectivity index (χ4v) is 4.17. The first-order chi connectivity index (χ1) is 9.17. The van der Waals surface area contributed by atoms with Crippen LogP contribution in [0.2, 0.25) is 0 Å². The van der Waals surface area contributed by atoms with Crippen molar-refractivity contribution < 1.29 is 9.59 Å². The van der Waals surface area contributed by atoms with Crippen molar-refractivity contribution in [3.63, 3.8) is 0 Å². The summed E-state index contributed by atoms with van der Waals surface area (Å²) >= 11 is 4.19. The van der Waals surface area contributed by atoms with Gasteiger partial charge in [-0.15, -0.1) is 23.5 Å². The Kier molecular flexibility index (Phi) is 5.12. The number of amides is 3. The summed E-state index contributed by atoms with van der Waals surface area (Å²) in [5, 5.41) is 3.14. The van der Waals surface area contributed by atoms with Crippen LogP contribution < -0.4 is 5.32 Å². The zero-order chi connectivity index (χ0) is 13.8. The van der Waals surface area contributed by atoms with Crippen molar-refractivity contribution in [3.05, 3.63) is 5.56 Å². The Morgan fingerprint density at radius 1 is 1.26 bits per heavy atom. The van der Waals surface area contributed by atoms with Gasteiger partial charge >= 0.3 is 6.03 Å². The molecule has 1 aromatic heterocycles. The maximum atomic E-state index is 12.2. The molecule has 5 nitrogen and oxygen atoms in total. The Labute approximate surface area is 124 Å². The first-order valence-electron chi connectivity index (χ1n) is 5.85. The van der Waals surface area contributed by atoms with E-state index in [2.05, 4.69) is 9.69 Å². The Hall–Kier alpha value is -0.730. The molecule has 104 valence electrons. The number of likely N-dealkylation sites (tertiary alicyclic amines) is 1. The zero-order valence-electron chi connectivity index (χ0n) is 10.8. The number of carbonyl (C=O) groups excluding carboxylic acids is 2. The van der Waals surface area contributed by atoms with Gasteiger partial charge in [0.25, 0.3) is 5.91 Å². The van der Waals surface area contributed by atoms with E-state index in [1.165, 1.54) is 35.1 Å². The van der Waals surface area contributed by atoms with Gasteiger partial charge in [0.1, 0.15) is 5.03 Å². The molecule has 19 heavy (non-hydrogen) atoms. The van der Waals surface area contributed by atoms with Gasteiger partial charge in [-0.2, -0.15) is 4.37 Å². The number of aromatic nitrogens is 1. The average Bonchev–Trinajstić information content (AvgIpc) is 3.07. The van der Waals surface area contributed by atoms with Crippen molar-refractivity contribution in [1.82, 2.24) is 14.6 Å². The summed E-state index contributed by atoms with van der Waals surface area (Å²) in [6.07, 6.45) is 5.79. The fraction of sp³-hybridized carbons (Fsp3) is 0.545. The maximum absolute atomic E-state index is 12.2. The second-order valence-electron chi connectivity index (χ2n) is 4.01. The smallest absolute Gasteiger partial charge is 0.324 e. The van der Waals surface area contributed by atoms with Crippen molar-refractivity contribution >= 4 is 47.0 Å². The molecule has 0 atom stereocenters. The molecule has 0 spiro atoms. The van der Waals surface area contributed by atoms with Crippen molar-refractivity contribution in [2.45, 2.75) is 22.1 Å². The highest BCUT2D eigenvalue weighted by Crippen LogP contribution is 2.32. The number of hydrogen-bond acceptors (Lipinski definition) is 6. The minimum atomic E-state index is -0.348. The quantitative estimate of drug-likeness (QED) is 0.868. The van der Waals surface area contributed by atoms with Gasteiger partial charge in [-0.1, -0.05) is 0 Å². The van der Waals surface area contributed by atoms with E-state index in [9.17, 15) is 9.59 Å². The standard InChI is InChI=1S/C11H15N3O2S3/c1-17-9-7(10(18-2)19-13-9)8(15)12-11(16)14-5-3-4-6-14/h3-6H2,1-2H3,(H,12,15,16). The van der Waals surface area contributed by atoms with Gasteiger partial charge in [-0.25, -0.2) is 4.79 Å². The Morgan fingerprint density at radius 2 is 1.95 bits per heavy atom. The largest absolute Gasteiger partial charge is 0.324 e. The molecule has 1 aliphatic heterocycles. The van der Waals surface area contributed by atoms with Crippen LogP contribution in [0.15, 0.2) is 9.24 Å². The normalized spacial score (nSPS) is 14.7. The molecule has 0 saturated carbocycles. The monoisotopic (exact) mass is 317 g/mol. The molecule has 1 fully saturated rings. The summed E-state index contributed by atoms with van der Waals surface area (Å²) < 4.78 is 5.07. The topological polar surface area (TPSA) is 62.3 Å². The molecule has 8 heteroatoms. The number of urea groups is 1. The third-order valence-corrected chi connectivity index (χ3v) is 5.59. The molecule has 0 radical (unpaired) electrons. The minimum Gasteiger partial charge on any atom is -0.324 e. The van der Waals surface area contributed by atoms with E-state index in [0.717, 1.165) is 30.1 Å². The molecule has 3 amide bonds. The van der Waals surface area contributed by atoms with Crippen LogP contribution in [0.1, 0.15) is 23.2 Å². The highest BCUT2D eigenvalue weighted by Gasteiger charge is 2.25. The van der Waals surface area contributed by atoms with E-state index in [1.54, 1.807) is 4.90 Å². The zero-order valence-corrected chi connectivity index (χ0v) is 13.2. The van der Waals surface area contributed by atoms with Crippen molar-refractivity contribution in [3.8, 4) is 0 Å². The van der Waals surface area contributed by atoms with Gasteiger partial charge in [0.15, 0.2) is 0 Å². The first kappa shape index (κ1) is 14.7. The predicted molar refractivity (Wildman–Crippen MR) is 79.3 cm³/mol. The summed E-state index contributed by atoms with van der Waals surface area (Å²) in [5.74, 6) is -0.348. The highest BCUT2D eigenvalue weighted by molar-refractivity contribution is 8.01. The van der Waals surface area contributed by atoms with Gasteiger partial charge in [-0.3, -0.25) is 10.1 Å². The third kappa shape index (κ3) is 3.24. The minimum absolute atomic E-state index is 0.298. The van der Waals surface area contributed by atoms with E-state index < -0.39 is 0 Å². The van der Waals surface area contributed by atoms with Gasteiger partial charge in [-0.05, 0) is 36.9 Å². The molecule has 1 aliphatic rings.